The van der Waals surface area contributed by atoms with Gasteiger partial charge in [0.15, 0.2) is 0 Å². The molecule has 0 aliphatic rings. The first-order chi connectivity index (χ1) is 9.15. The number of hydrogen-bond donors (Lipinski definition) is 1. The van der Waals surface area contributed by atoms with Crippen LogP contribution in [0.2, 0.25) is 0 Å². The molecule has 1 aromatic carbocycles. The second kappa shape index (κ2) is 7.03. The molecule has 1 heterocycles. The minimum Gasteiger partial charge on any atom is -0.488 e. The maximum atomic E-state index is 10.1. The number of thiazole rings is 1. The third kappa shape index (κ3) is 4.60. The Bertz CT molecular complexity index is 487. The first kappa shape index (κ1) is 14.5. The number of nitrogens with zero attached hydrogens (tertiary/aromatic N) is 1. The number of rotatable bonds is 6. The Hall–Kier alpha value is -0.910. The van der Waals surface area contributed by atoms with Crippen LogP contribution in [-0.4, -0.2) is 22.3 Å². The molecule has 0 spiro atoms. The number of halogens is 1. The van der Waals surface area contributed by atoms with E-state index >= 15 is 0 Å². The lowest BCUT2D eigenvalue weighted by molar-refractivity contribution is 0.0420. The lowest BCUT2D eigenvalue weighted by Gasteiger charge is -2.20. The summed E-state index contributed by atoms with van der Waals surface area (Å²) in [4.78, 5) is 4.20. The van der Waals surface area contributed by atoms with Gasteiger partial charge in [-0.15, -0.1) is 11.3 Å². The summed E-state index contributed by atoms with van der Waals surface area (Å²) in [7, 11) is 0. The van der Waals surface area contributed by atoms with Crippen molar-refractivity contribution >= 4 is 27.3 Å². The van der Waals surface area contributed by atoms with Gasteiger partial charge in [0.2, 0.25) is 0 Å². The van der Waals surface area contributed by atoms with Gasteiger partial charge in [-0.25, -0.2) is 4.98 Å². The van der Waals surface area contributed by atoms with Gasteiger partial charge in [-0.1, -0.05) is 15.9 Å². The monoisotopic (exact) mass is 341 g/mol. The topological polar surface area (TPSA) is 42.4 Å². The van der Waals surface area contributed by atoms with Crippen LogP contribution in [0.4, 0.5) is 0 Å². The van der Waals surface area contributed by atoms with Gasteiger partial charge in [0, 0.05) is 22.5 Å². The predicted octanol–water partition coefficient (Wildman–Crippen LogP) is 3.67. The molecule has 2 rings (SSSR count). The Morgan fingerprint density at radius 2 is 2.11 bits per heavy atom. The number of aliphatic hydroxyl groups is 1. The highest BCUT2D eigenvalue weighted by Crippen LogP contribution is 2.19. The zero-order valence-corrected chi connectivity index (χ0v) is 13.0. The zero-order chi connectivity index (χ0) is 13.7. The van der Waals surface area contributed by atoms with E-state index in [4.69, 9.17) is 4.74 Å². The number of aromatic nitrogens is 1. The van der Waals surface area contributed by atoms with Crippen molar-refractivity contribution in [3.8, 4) is 5.75 Å². The summed E-state index contributed by atoms with van der Waals surface area (Å²) in [5.74, 6) is 0.768. The molecular formula is C14H16BrNO2S. The molecule has 1 aromatic heterocycles. The summed E-state index contributed by atoms with van der Waals surface area (Å²) in [5, 5.41) is 13.1. The van der Waals surface area contributed by atoms with E-state index in [-0.39, 0.29) is 6.10 Å². The molecule has 0 aliphatic carbocycles. The average molecular weight is 342 g/mol. The smallest absolute Gasteiger partial charge is 0.122 e. The summed E-state index contributed by atoms with van der Waals surface area (Å²) < 4.78 is 6.72. The molecule has 19 heavy (non-hydrogen) atoms. The largest absolute Gasteiger partial charge is 0.488 e. The van der Waals surface area contributed by atoms with E-state index in [0.717, 1.165) is 21.7 Å². The lowest BCUT2D eigenvalue weighted by Crippen LogP contribution is -2.29. The fourth-order valence-corrected chi connectivity index (χ4v) is 2.59. The molecule has 102 valence electrons. The molecule has 1 unspecified atom stereocenters. The van der Waals surface area contributed by atoms with Gasteiger partial charge in [0.25, 0.3) is 0 Å². The highest BCUT2D eigenvalue weighted by molar-refractivity contribution is 9.10. The van der Waals surface area contributed by atoms with Crippen LogP contribution in [-0.2, 0) is 6.42 Å². The van der Waals surface area contributed by atoms with Crippen LogP contribution in [0, 0.1) is 0 Å². The second-order valence-electron chi connectivity index (χ2n) is 4.31. The molecule has 0 radical (unpaired) electrons. The standard InChI is InChI=1S/C14H16BrNO2S/c1-10(18-12-4-2-11(15)3-5-12)13(17)6-7-14-16-8-9-19-14/h2-5,8-10,13,17H,6-7H2,1H3/t10-,13?/m0/s1. The molecule has 2 aromatic rings. The van der Waals surface area contributed by atoms with Gasteiger partial charge in [-0.2, -0.15) is 0 Å². The van der Waals surface area contributed by atoms with Gasteiger partial charge in [-0.3, -0.25) is 0 Å². The average Bonchev–Trinajstić information content (AvgIpc) is 2.91. The maximum Gasteiger partial charge on any atom is 0.122 e. The van der Waals surface area contributed by atoms with Gasteiger partial charge in [0.05, 0.1) is 11.1 Å². The van der Waals surface area contributed by atoms with E-state index in [1.165, 1.54) is 0 Å². The maximum absolute atomic E-state index is 10.1. The van der Waals surface area contributed by atoms with Crippen molar-refractivity contribution in [2.75, 3.05) is 0 Å². The summed E-state index contributed by atoms with van der Waals surface area (Å²) in [6, 6.07) is 7.61. The molecule has 0 aliphatic heterocycles. The van der Waals surface area contributed by atoms with Crippen molar-refractivity contribution in [2.45, 2.75) is 32.0 Å². The molecule has 0 saturated heterocycles. The molecule has 3 nitrogen and oxygen atoms in total. The van der Waals surface area contributed by atoms with Crippen LogP contribution in [0.3, 0.4) is 0 Å². The van der Waals surface area contributed by atoms with E-state index < -0.39 is 6.10 Å². The molecule has 0 amide bonds. The minimum absolute atomic E-state index is 0.235. The fraction of sp³-hybridized carbons (Fsp3) is 0.357. The van der Waals surface area contributed by atoms with Crippen molar-refractivity contribution in [1.82, 2.24) is 4.98 Å². The third-order valence-electron chi connectivity index (χ3n) is 2.81. The molecule has 2 atom stereocenters. The lowest BCUT2D eigenvalue weighted by atomic mass is 10.1. The van der Waals surface area contributed by atoms with E-state index in [1.54, 1.807) is 17.5 Å². The van der Waals surface area contributed by atoms with Crippen LogP contribution in [0.25, 0.3) is 0 Å². The van der Waals surface area contributed by atoms with Crippen molar-refractivity contribution < 1.29 is 9.84 Å². The van der Waals surface area contributed by atoms with Crippen molar-refractivity contribution in [3.05, 3.63) is 45.3 Å². The van der Waals surface area contributed by atoms with Crippen LogP contribution in [0.5, 0.6) is 5.75 Å². The predicted molar refractivity (Wildman–Crippen MR) is 80.7 cm³/mol. The van der Waals surface area contributed by atoms with E-state index in [1.807, 2.05) is 36.6 Å². The zero-order valence-electron chi connectivity index (χ0n) is 10.6. The SMILES string of the molecule is C[C@H](Oc1ccc(Br)cc1)C(O)CCc1nccs1. The Labute approximate surface area is 125 Å². The normalized spacial score (nSPS) is 14.1. The van der Waals surface area contributed by atoms with Crippen LogP contribution < -0.4 is 4.74 Å². The Morgan fingerprint density at radius 3 is 2.74 bits per heavy atom. The summed E-state index contributed by atoms with van der Waals surface area (Å²) in [6.45, 7) is 1.88. The van der Waals surface area contributed by atoms with Crippen molar-refractivity contribution in [2.24, 2.45) is 0 Å². The van der Waals surface area contributed by atoms with Gasteiger partial charge >= 0.3 is 0 Å². The number of aryl methyl sites for hydroxylation is 1. The first-order valence-electron chi connectivity index (χ1n) is 6.14. The van der Waals surface area contributed by atoms with Crippen LogP contribution >= 0.6 is 27.3 Å². The van der Waals surface area contributed by atoms with Crippen LogP contribution in [0.15, 0.2) is 40.3 Å². The highest BCUT2D eigenvalue weighted by atomic mass is 79.9. The fourth-order valence-electron chi connectivity index (χ4n) is 1.69. The third-order valence-corrected chi connectivity index (χ3v) is 4.18. The van der Waals surface area contributed by atoms with E-state index in [9.17, 15) is 5.11 Å². The summed E-state index contributed by atoms with van der Waals surface area (Å²) in [6.07, 6.45) is 2.50. The van der Waals surface area contributed by atoms with Gasteiger partial charge in [-0.05, 0) is 37.6 Å². The van der Waals surface area contributed by atoms with E-state index in [0.29, 0.717) is 6.42 Å². The van der Waals surface area contributed by atoms with Crippen molar-refractivity contribution in [1.29, 1.82) is 0 Å². The molecule has 0 saturated carbocycles. The minimum atomic E-state index is -0.493. The first-order valence-corrected chi connectivity index (χ1v) is 7.81. The number of ether oxygens (including phenoxy) is 1. The number of benzene rings is 1. The molecular weight excluding hydrogens is 326 g/mol. The van der Waals surface area contributed by atoms with Gasteiger partial charge < -0.3 is 9.84 Å². The second-order valence-corrected chi connectivity index (χ2v) is 6.20. The van der Waals surface area contributed by atoms with Crippen molar-refractivity contribution in [3.63, 3.8) is 0 Å². The molecule has 1 N–H and O–H groups in total. The quantitative estimate of drug-likeness (QED) is 0.871. The number of hydrogen-bond acceptors (Lipinski definition) is 4. The Kier molecular flexibility index (Phi) is 5.36. The molecule has 0 fully saturated rings. The molecule has 0 bridgehead atoms. The highest BCUT2D eigenvalue weighted by Gasteiger charge is 2.16. The Morgan fingerprint density at radius 1 is 1.37 bits per heavy atom. The number of aliphatic hydroxyl groups excluding tert-OH is 1. The Balaban J connectivity index is 1.81. The molecule has 5 heteroatoms. The van der Waals surface area contributed by atoms with E-state index in [2.05, 4.69) is 20.9 Å². The van der Waals surface area contributed by atoms with Gasteiger partial charge in [0.1, 0.15) is 11.9 Å². The van der Waals surface area contributed by atoms with Crippen LogP contribution in [0.1, 0.15) is 18.4 Å². The summed E-state index contributed by atoms with van der Waals surface area (Å²) in [5.41, 5.74) is 0. The summed E-state index contributed by atoms with van der Waals surface area (Å²) >= 11 is 4.99.